The quantitative estimate of drug-likeness (QED) is 0.732. The number of rotatable bonds is 7. The van der Waals surface area contributed by atoms with Crippen LogP contribution in [-0.4, -0.2) is 24.4 Å². The van der Waals surface area contributed by atoms with E-state index in [9.17, 15) is 9.59 Å². The molecule has 0 aliphatic carbocycles. The van der Waals surface area contributed by atoms with Gasteiger partial charge in [0.2, 0.25) is 5.91 Å². The van der Waals surface area contributed by atoms with Gasteiger partial charge in [-0.3, -0.25) is 9.59 Å². The van der Waals surface area contributed by atoms with Crippen LogP contribution in [0.1, 0.15) is 30.6 Å². The molecule has 2 amide bonds. The molecule has 5 nitrogen and oxygen atoms in total. The Kier molecular flexibility index (Phi) is 6.37. The summed E-state index contributed by atoms with van der Waals surface area (Å²) in [5.74, 6) is -0.211. The van der Waals surface area contributed by atoms with E-state index in [4.69, 9.17) is 0 Å². The summed E-state index contributed by atoms with van der Waals surface area (Å²) in [6, 6.07) is 16.5. The molecule has 0 fully saturated rings. The summed E-state index contributed by atoms with van der Waals surface area (Å²) in [7, 11) is 0. The lowest BCUT2D eigenvalue weighted by Crippen LogP contribution is -2.31. The third kappa shape index (κ3) is 5.43. The lowest BCUT2D eigenvalue weighted by molar-refractivity contribution is -0.114. The molecule has 0 radical (unpaired) electrons. The minimum atomic E-state index is -0.125. The molecule has 2 rings (SSSR count). The third-order valence-electron chi connectivity index (χ3n) is 3.65. The number of anilines is 2. The molecule has 0 bridgehead atoms. The number of carbonyl (C=O) groups is 2. The van der Waals surface area contributed by atoms with Crippen LogP contribution in [0.2, 0.25) is 0 Å². The molecule has 0 spiro atoms. The minimum absolute atomic E-state index is 0.0854. The summed E-state index contributed by atoms with van der Waals surface area (Å²) >= 11 is 0. The van der Waals surface area contributed by atoms with E-state index in [0.29, 0.717) is 5.56 Å². The standard InChI is InChI=1S/C19H23N3O2/c1-3-14(2)21-19(24)15-9-11-16(12-10-15)20-13-18(23)22-17-7-5-4-6-8-17/h4-12,14,20H,3,13H2,1-2H3,(H,21,24)(H,22,23). The van der Waals surface area contributed by atoms with E-state index >= 15 is 0 Å². The van der Waals surface area contributed by atoms with Gasteiger partial charge in [0.25, 0.3) is 5.91 Å². The molecule has 0 saturated carbocycles. The summed E-state index contributed by atoms with van der Waals surface area (Å²) in [5.41, 5.74) is 2.16. The topological polar surface area (TPSA) is 70.2 Å². The van der Waals surface area contributed by atoms with E-state index in [-0.39, 0.29) is 24.4 Å². The second-order valence-electron chi connectivity index (χ2n) is 5.63. The zero-order valence-corrected chi connectivity index (χ0v) is 14.0. The molecule has 1 unspecified atom stereocenters. The molecule has 126 valence electrons. The molecule has 2 aromatic carbocycles. The van der Waals surface area contributed by atoms with Gasteiger partial charge in [-0.1, -0.05) is 25.1 Å². The van der Waals surface area contributed by atoms with Crippen molar-refractivity contribution in [3.05, 3.63) is 60.2 Å². The smallest absolute Gasteiger partial charge is 0.251 e. The van der Waals surface area contributed by atoms with E-state index in [0.717, 1.165) is 17.8 Å². The first-order valence-corrected chi connectivity index (χ1v) is 8.08. The van der Waals surface area contributed by atoms with Crippen LogP contribution < -0.4 is 16.0 Å². The normalized spacial score (nSPS) is 11.4. The number of benzene rings is 2. The average molecular weight is 325 g/mol. The summed E-state index contributed by atoms with van der Waals surface area (Å²) in [4.78, 5) is 23.9. The molecule has 0 heterocycles. The number of para-hydroxylation sites is 1. The predicted octanol–water partition coefficient (Wildman–Crippen LogP) is 3.27. The Morgan fingerprint density at radius 2 is 1.62 bits per heavy atom. The van der Waals surface area contributed by atoms with Crippen LogP contribution >= 0.6 is 0 Å². The number of carbonyl (C=O) groups excluding carboxylic acids is 2. The molecule has 0 aliphatic heterocycles. The van der Waals surface area contributed by atoms with Crippen molar-refractivity contribution >= 4 is 23.2 Å². The van der Waals surface area contributed by atoms with Gasteiger partial charge in [-0.2, -0.15) is 0 Å². The first kappa shape index (κ1) is 17.5. The van der Waals surface area contributed by atoms with E-state index in [1.54, 1.807) is 24.3 Å². The van der Waals surface area contributed by atoms with E-state index < -0.39 is 0 Å². The Hall–Kier alpha value is -2.82. The zero-order chi connectivity index (χ0) is 17.4. The van der Waals surface area contributed by atoms with Crippen molar-refractivity contribution in [2.45, 2.75) is 26.3 Å². The Morgan fingerprint density at radius 1 is 0.958 bits per heavy atom. The van der Waals surface area contributed by atoms with Gasteiger partial charge in [-0.25, -0.2) is 0 Å². The van der Waals surface area contributed by atoms with Crippen LogP contribution in [0.15, 0.2) is 54.6 Å². The number of hydrogen-bond donors (Lipinski definition) is 3. The fraction of sp³-hybridized carbons (Fsp3) is 0.263. The van der Waals surface area contributed by atoms with Crippen molar-refractivity contribution in [3.8, 4) is 0 Å². The maximum atomic E-state index is 12.0. The average Bonchev–Trinajstić information content (AvgIpc) is 2.61. The number of amides is 2. The van der Waals surface area contributed by atoms with E-state index in [1.165, 1.54) is 0 Å². The van der Waals surface area contributed by atoms with Crippen molar-refractivity contribution < 1.29 is 9.59 Å². The molecule has 0 saturated heterocycles. The second-order valence-corrected chi connectivity index (χ2v) is 5.63. The highest BCUT2D eigenvalue weighted by Gasteiger charge is 2.08. The highest BCUT2D eigenvalue weighted by Crippen LogP contribution is 2.10. The summed E-state index contributed by atoms with van der Waals surface area (Å²) in [5, 5.41) is 8.76. The van der Waals surface area contributed by atoms with E-state index in [2.05, 4.69) is 16.0 Å². The SMILES string of the molecule is CCC(C)NC(=O)c1ccc(NCC(=O)Nc2ccccc2)cc1. The first-order valence-electron chi connectivity index (χ1n) is 8.08. The van der Waals surface area contributed by atoms with Crippen molar-refractivity contribution in [1.82, 2.24) is 5.32 Å². The molecule has 2 aromatic rings. The van der Waals surface area contributed by atoms with Gasteiger partial charge in [0.05, 0.1) is 6.54 Å². The molecule has 0 aromatic heterocycles. The van der Waals surface area contributed by atoms with Gasteiger partial charge in [-0.15, -0.1) is 0 Å². The number of hydrogen-bond acceptors (Lipinski definition) is 3. The lowest BCUT2D eigenvalue weighted by atomic mass is 10.1. The van der Waals surface area contributed by atoms with Gasteiger partial charge in [0.1, 0.15) is 0 Å². The summed E-state index contributed by atoms with van der Waals surface area (Å²) in [6.07, 6.45) is 0.891. The Balaban J connectivity index is 1.83. The van der Waals surface area contributed by atoms with E-state index in [1.807, 2.05) is 44.2 Å². The van der Waals surface area contributed by atoms with Crippen LogP contribution in [-0.2, 0) is 4.79 Å². The highest BCUT2D eigenvalue weighted by molar-refractivity contribution is 5.95. The largest absolute Gasteiger partial charge is 0.376 e. The molecule has 3 N–H and O–H groups in total. The van der Waals surface area contributed by atoms with Crippen LogP contribution in [0.5, 0.6) is 0 Å². The molecule has 0 aliphatic rings. The van der Waals surface area contributed by atoms with Gasteiger partial charge in [0.15, 0.2) is 0 Å². The van der Waals surface area contributed by atoms with Crippen molar-refractivity contribution in [2.24, 2.45) is 0 Å². The van der Waals surface area contributed by atoms with Crippen LogP contribution in [0.3, 0.4) is 0 Å². The fourth-order valence-electron chi connectivity index (χ4n) is 2.06. The van der Waals surface area contributed by atoms with Crippen molar-refractivity contribution in [1.29, 1.82) is 0 Å². The van der Waals surface area contributed by atoms with Crippen LogP contribution in [0.4, 0.5) is 11.4 Å². The second kappa shape index (κ2) is 8.72. The first-order chi connectivity index (χ1) is 11.6. The van der Waals surface area contributed by atoms with Crippen LogP contribution in [0.25, 0.3) is 0 Å². The monoisotopic (exact) mass is 325 g/mol. The molecule has 5 heteroatoms. The fourth-order valence-corrected chi connectivity index (χ4v) is 2.06. The molecular weight excluding hydrogens is 302 g/mol. The molecule has 24 heavy (non-hydrogen) atoms. The zero-order valence-electron chi connectivity index (χ0n) is 14.0. The van der Waals surface area contributed by atoms with Gasteiger partial charge >= 0.3 is 0 Å². The molecule has 1 atom stereocenters. The summed E-state index contributed by atoms with van der Waals surface area (Å²) in [6.45, 7) is 4.16. The third-order valence-corrected chi connectivity index (χ3v) is 3.65. The predicted molar refractivity (Wildman–Crippen MR) is 97.2 cm³/mol. The maximum Gasteiger partial charge on any atom is 0.251 e. The van der Waals surface area contributed by atoms with Crippen molar-refractivity contribution in [3.63, 3.8) is 0 Å². The summed E-state index contributed by atoms with van der Waals surface area (Å²) < 4.78 is 0. The Labute approximate surface area is 142 Å². The maximum absolute atomic E-state index is 12.0. The van der Waals surface area contributed by atoms with Gasteiger partial charge < -0.3 is 16.0 Å². The number of nitrogens with one attached hydrogen (secondary N) is 3. The Morgan fingerprint density at radius 3 is 2.25 bits per heavy atom. The van der Waals surface area contributed by atoms with Gasteiger partial charge in [0, 0.05) is 23.0 Å². The van der Waals surface area contributed by atoms with Gasteiger partial charge in [-0.05, 0) is 49.7 Å². The van der Waals surface area contributed by atoms with Crippen LogP contribution in [0, 0.1) is 0 Å². The molecular formula is C19H23N3O2. The van der Waals surface area contributed by atoms with Crippen molar-refractivity contribution in [2.75, 3.05) is 17.2 Å². The Bertz CT molecular complexity index is 669. The lowest BCUT2D eigenvalue weighted by Gasteiger charge is -2.12. The minimum Gasteiger partial charge on any atom is -0.376 e. The highest BCUT2D eigenvalue weighted by atomic mass is 16.2.